The van der Waals surface area contributed by atoms with E-state index in [1.807, 2.05) is 30.3 Å². The molecule has 0 aliphatic carbocycles. The zero-order valence-electron chi connectivity index (χ0n) is 15.8. The number of para-hydroxylation sites is 1. The van der Waals surface area contributed by atoms with Gasteiger partial charge in [0.05, 0.1) is 14.2 Å². The SMILES string of the molecule is COc1ccc2c(c1)[C@@H](c1ccc(OC)c3ccccc13)c1ccccc1O2. The van der Waals surface area contributed by atoms with Crippen LogP contribution in [0.3, 0.4) is 0 Å². The Balaban J connectivity index is 1.82. The van der Waals surface area contributed by atoms with Crippen LogP contribution in [0, 0.1) is 0 Å². The lowest BCUT2D eigenvalue weighted by atomic mass is 9.80. The zero-order valence-corrected chi connectivity index (χ0v) is 15.8. The molecule has 1 heterocycles. The van der Waals surface area contributed by atoms with Crippen LogP contribution in [0.15, 0.2) is 78.9 Å². The molecule has 1 aliphatic heterocycles. The fraction of sp³-hybridized carbons (Fsp3) is 0.120. The van der Waals surface area contributed by atoms with Gasteiger partial charge < -0.3 is 14.2 Å². The molecular weight excluding hydrogens is 348 g/mol. The van der Waals surface area contributed by atoms with Crippen molar-refractivity contribution in [3.8, 4) is 23.0 Å². The van der Waals surface area contributed by atoms with E-state index >= 15 is 0 Å². The number of hydrogen-bond donors (Lipinski definition) is 0. The molecule has 0 N–H and O–H groups in total. The van der Waals surface area contributed by atoms with Gasteiger partial charge in [0, 0.05) is 22.4 Å². The summed E-state index contributed by atoms with van der Waals surface area (Å²) < 4.78 is 17.3. The van der Waals surface area contributed by atoms with Crippen molar-refractivity contribution in [2.24, 2.45) is 0 Å². The van der Waals surface area contributed by atoms with Gasteiger partial charge in [0.15, 0.2) is 0 Å². The van der Waals surface area contributed by atoms with E-state index in [2.05, 4.69) is 48.5 Å². The number of benzene rings is 4. The van der Waals surface area contributed by atoms with Crippen molar-refractivity contribution in [2.45, 2.75) is 5.92 Å². The number of rotatable bonds is 3. The predicted molar refractivity (Wildman–Crippen MR) is 111 cm³/mol. The first-order chi connectivity index (χ1) is 13.8. The van der Waals surface area contributed by atoms with Crippen molar-refractivity contribution in [2.75, 3.05) is 14.2 Å². The van der Waals surface area contributed by atoms with E-state index in [9.17, 15) is 0 Å². The van der Waals surface area contributed by atoms with Gasteiger partial charge in [-0.3, -0.25) is 0 Å². The molecule has 0 spiro atoms. The molecule has 4 aromatic rings. The highest BCUT2D eigenvalue weighted by molar-refractivity contribution is 5.92. The molecule has 4 aromatic carbocycles. The molecule has 0 saturated heterocycles. The minimum Gasteiger partial charge on any atom is -0.497 e. The molecular formula is C25H20O3. The second-order valence-electron chi connectivity index (χ2n) is 6.88. The van der Waals surface area contributed by atoms with Gasteiger partial charge >= 0.3 is 0 Å². The van der Waals surface area contributed by atoms with Crippen molar-refractivity contribution in [1.82, 2.24) is 0 Å². The zero-order chi connectivity index (χ0) is 19.1. The third-order valence-electron chi connectivity index (χ3n) is 5.43. The largest absolute Gasteiger partial charge is 0.497 e. The third kappa shape index (κ3) is 2.51. The number of ether oxygens (including phenoxy) is 3. The van der Waals surface area contributed by atoms with Crippen LogP contribution in [0.4, 0.5) is 0 Å². The van der Waals surface area contributed by atoms with Gasteiger partial charge in [0.2, 0.25) is 0 Å². The molecule has 0 radical (unpaired) electrons. The lowest BCUT2D eigenvalue weighted by molar-refractivity contribution is 0.409. The number of hydrogen-bond acceptors (Lipinski definition) is 3. The average molecular weight is 368 g/mol. The molecule has 1 atom stereocenters. The minimum absolute atomic E-state index is 0.0471. The Morgan fingerprint density at radius 3 is 2.21 bits per heavy atom. The Kier molecular flexibility index (Phi) is 3.94. The van der Waals surface area contributed by atoms with Crippen LogP contribution >= 0.6 is 0 Å². The summed E-state index contributed by atoms with van der Waals surface area (Å²) in [7, 11) is 3.41. The van der Waals surface area contributed by atoms with E-state index in [-0.39, 0.29) is 5.92 Å². The van der Waals surface area contributed by atoms with Crippen LogP contribution in [-0.2, 0) is 0 Å². The van der Waals surface area contributed by atoms with Gasteiger partial charge in [-0.2, -0.15) is 0 Å². The summed E-state index contributed by atoms with van der Waals surface area (Å²) in [5, 5.41) is 2.29. The van der Waals surface area contributed by atoms with Crippen LogP contribution in [0.5, 0.6) is 23.0 Å². The Morgan fingerprint density at radius 1 is 0.643 bits per heavy atom. The first-order valence-corrected chi connectivity index (χ1v) is 9.30. The molecule has 0 amide bonds. The highest BCUT2D eigenvalue weighted by atomic mass is 16.5. The summed E-state index contributed by atoms with van der Waals surface area (Å²) in [6.45, 7) is 0. The first kappa shape index (κ1) is 16.7. The topological polar surface area (TPSA) is 27.7 Å². The second-order valence-corrected chi connectivity index (χ2v) is 6.88. The van der Waals surface area contributed by atoms with Crippen molar-refractivity contribution in [3.05, 3.63) is 95.6 Å². The fourth-order valence-corrected chi connectivity index (χ4v) is 4.13. The van der Waals surface area contributed by atoms with E-state index in [1.54, 1.807) is 14.2 Å². The molecule has 138 valence electrons. The summed E-state index contributed by atoms with van der Waals surface area (Å²) in [4.78, 5) is 0. The molecule has 28 heavy (non-hydrogen) atoms. The maximum Gasteiger partial charge on any atom is 0.131 e. The quantitative estimate of drug-likeness (QED) is 0.383. The Labute approximate surface area is 164 Å². The van der Waals surface area contributed by atoms with Crippen molar-refractivity contribution >= 4 is 10.8 Å². The van der Waals surface area contributed by atoms with Crippen LogP contribution in [0.1, 0.15) is 22.6 Å². The second kappa shape index (κ2) is 6.61. The molecule has 3 heteroatoms. The summed E-state index contributed by atoms with van der Waals surface area (Å²) in [6, 6.07) is 26.8. The molecule has 5 rings (SSSR count). The molecule has 0 bridgehead atoms. The van der Waals surface area contributed by atoms with Crippen molar-refractivity contribution in [3.63, 3.8) is 0 Å². The predicted octanol–water partition coefficient (Wildman–Crippen LogP) is 6.14. The minimum atomic E-state index is 0.0471. The Morgan fingerprint density at radius 2 is 1.39 bits per heavy atom. The monoisotopic (exact) mass is 368 g/mol. The molecule has 0 unspecified atom stereocenters. The fourth-order valence-electron chi connectivity index (χ4n) is 4.13. The Hall–Kier alpha value is -3.46. The first-order valence-electron chi connectivity index (χ1n) is 9.30. The van der Waals surface area contributed by atoms with Gasteiger partial charge in [-0.25, -0.2) is 0 Å². The number of methoxy groups -OCH3 is 2. The van der Waals surface area contributed by atoms with Gasteiger partial charge in [-0.1, -0.05) is 48.5 Å². The standard InChI is InChI=1S/C25H20O3/c1-26-16-11-13-24-21(15-16)25(20-9-5-6-10-23(20)28-24)19-12-14-22(27-2)18-8-4-3-7-17(18)19/h3-15,25H,1-2H3/t25-/m0/s1. The van der Waals surface area contributed by atoms with E-state index in [0.717, 1.165) is 39.5 Å². The van der Waals surface area contributed by atoms with Gasteiger partial charge in [0.25, 0.3) is 0 Å². The van der Waals surface area contributed by atoms with Gasteiger partial charge in [-0.15, -0.1) is 0 Å². The smallest absolute Gasteiger partial charge is 0.131 e. The van der Waals surface area contributed by atoms with E-state index < -0.39 is 0 Å². The van der Waals surface area contributed by atoms with Crippen LogP contribution in [-0.4, -0.2) is 14.2 Å². The summed E-state index contributed by atoms with van der Waals surface area (Å²) in [6.07, 6.45) is 0. The van der Waals surface area contributed by atoms with E-state index in [1.165, 1.54) is 10.9 Å². The average Bonchev–Trinajstić information content (AvgIpc) is 2.76. The molecule has 0 saturated carbocycles. The maximum absolute atomic E-state index is 6.21. The van der Waals surface area contributed by atoms with Crippen LogP contribution < -0.4 is 14.2 Å². The lowest BCUT2D eigenvalue weighted by Gasteiger charge is -2.30. The molecule has 0 fully saturated rings. The van der Waals surface area contributed by atoms with E-state index in [0.29, 0.717) is 0 Å². The number of fused-ring (bicyclic) bond motifs is 3. The van der Waals surface area contributed by atoms with Crippen LogP contribution in [0.25, 0.3) is 10.8 Å². The molecule has 3 nitrogen and oxygen atoms in total. The summed E-state index contributed by atoms with van der Waals surface area (Å²) in [5.74, 6) is 3.51. The maximum atomic E-state index is 6.21. The highest BCUT2D eigenvalue weighted by Crippen LogP contribution is 2.50. The Bertz CT molecular complexity index is 1180. The van der Waals surface area contributed by atoms with Crippen LogP contribution in [0.2, 0.25) is 0 Å². The van der Waals surface area contributed by atoms with E-state index in [4.69, 9.17) is 14.2 Å². The van der Waals surface area contributed by atoms with Crippen molar-refractivity contribution < 1.29 is 14.2 Å². The lowest BCUT2D eigenvalue weighted by Crippen LogP contribution is -2.12. The molecule has 0 aromatic heterocycles. The third-order valence-corrected chi connectivity index (χ3v) is 5.43. The van der Waals surface area contributed by atoms with Gasteiger partial charge in [0.1, 0.15) is 23.0 Å². The normalized spacial score (nSPS) is 14.7. The highest BCUT2D eigenvalue weighted by Gasteiger charge is 2.30. The summed E-state index contributed by atoms with van der Waals surface area (Å²) >= 11 is 0. The van der Waals surface area contributed by atoms with Crippen molar-refractivity contribution in [1.29, 1.82) is 0 Å². The molecule has 1 aliphatic rings. The summed E-state index contributed by atoms with van der Waals surface area (Å²) in [5.41, 5.74) is 3.48. The van der Waals surface area contributed by atoms with Gasteiger partial charge in [-0.05, 0) is 41.3 Å².